The minimum absolute atomic E-state index is 0.240. The number of anilines is 1. The summed E-state index contributed by atoms with van der Waals surface area (Å²) in [6, 6.07) is 2.44. The maximum absolute atomic E-state index is 5.83. The molecule has 1 fully saturated rings. The van der Waals surface area contributed by atoms with Crippen molar-refractivity contribution in [2.75, 3.05) is 18.1 Å². The van der Waals surface area contributed by atoms with E-state index in [1.807, 2.05) is 6.20 Å². The number of nitrogens with two attached hydrogens (primary N) is 1. The van der Waals surface area contributed by atoms with Crippen LogP contribution in [0, 0.1) is 0 Å². The molecule has 2 unspecified atom stereocenters. The van der Waals surface area contributed by atoms with Crippen LogP contribution >= 0.6 is 15.9 Å². The molecule has 0 aromatic carbocycles. The molecule has 2 atom stereocenters. The average Bonchev–Trinajstić information content (AvgIpc) is 2.38. The third-order valence-electron chi connectivity index (χ3n) is 3.34. The Balaban J connectivity index is 2.32. The molecule has 5 heteroatoms. The molecule has 0 radical (unpaired) electrons. The summed E-state index contributed by atoms with van der Waals surface area (Å²) in [5.41, 5.74) is 6.91. The number of hydrogen-bond donors (Lipinski definition) is 1. The van der Waals surface area contributed by atoms with Crippen LogP contribution in [-0.4, -0.2) is 30.3 Å². The van der Waals surface area contributed by atoms with Crippen molar-refractivity contribution in [3.05, 3.63) is 22.3 Å². The lowest BCUT2D eigenvalue weighted by Gasteiger charge is -2.40. The number of morpholine rings is 1. The Morgan fingerprint density at radius 1 is 1.61 bits per heavy atom. The van der Waals surface area contributed by atoms with Crippen LogP contribution in [-0.2, 0) is 11.3 Å². The van der Waals surface area contributed by atoms with Gasteiger partial charge in [-0.25, -0.2) is 4.98 Å². The van der Waals surface area contributed by atoms with Gasteiger partial charge in [-0.3, -0.25) is 0 Å². The maximum atomic E-state index is 5.83. The highest BCUT2D eigenvalue weighted by Crippen LogP contribution is 2.26. The zero-order chi connectivity index (χ0) is 13.1. The molecule has 0 amide bonds. The fourth-order valence-electron chi connectivity index (χ4n) is 2.32. The molecule has 0 aliphatic carbocycles. The number of ether oxygens (including phenoxy) is 1. The first kappa shape index (κ1) is 13.8. The molecule has 100 valence electrons. The number of hydrogen-bond acceptors (Lipinski definition) is 4. The molecular weight excluding hydrogens is 294 g/mol. The van der Waals surface area contributed by atoms with E-state index in [-0.39, 0.29) is 6.10 Å². The first-order valence-corrected chi connectivity index (χ1v) is 7.17. The molecule has 1 aliphatic heterocycles. The molecule has 1 aromatic heterocycles. The third kappa shape index (κ3) is 2.84. The fraction of sp³-hybridized carbons (Fsp3) is 0.615. The summed E-state index contributed by atoms with van der Waals surface area (Å²) < 4.78 is 6.69. The zero-order valence-electron chi connectivity index (χ0n) is 10.9. The molecule has 2 N–H and O–H groups in total. The lowest BCUT2D eigenvalue weighted by atomic mass is 10.1. The summed E-state index contributed by atoms with van der Waals surface area (Å²) in [4.78, 5) is 6.88. The quantitative estimate of drug-likeness (QED) is 0.930. The van der Waals surface area contributed by atoms with Gasteiger partial charge in [0.05, 0.1) is 18.8 Å². The number of nitrogens with zero attached hydrogens (tertiary/aromatic N) is 2. The minimum atomic E-state index is 0.240. The van der Waals surface area contributed by atoms with Crippen molar-refractivity contribution in [2.24, 2.45) is 5.73 Å². The highest BCUT2D eigenvalue weighted by Gasteiger charge is 2.27. The van der Waals surface area contributed by atoms with Gasteiger partial charge in [-0.1, -0.05) is 6.92 Å². The largest absolute Gasteiger partial charge is 0.375 e. The van der Waals surface area contributed by atoms with Crippen LogP contribution in [0.4, 0.5) is 5.82 Å². The van der Waals surface area contributed by atoms with Crippen LogP contribution in [0.25, 0.3) is 0 Å². The highest BCUT2D eigenvalue weighted by molar-refractivity contribution is 9.10. The van der Waals surface area contributed by atoms with Crippen molar-refractivity contribution in [1.82, 2.24) is 4.98 Å². The zero-order valence-corrected chi connectivity index (χ0v) is 12.5. The van der Waals surface area contributed by atoms with Crippen LogP contribution in [0.3, 0.4) is 0 Å². The van der Waals surface area contributed by atoms with Gasteiger partial charge >= 0.3 is 0 Å². The van der Waals surface area contributed by atoms with Crippen LogP contribution in [0.1, 0.15) is 25.8 Å². The van der Waals surface area contributed by atoms with Crippen molar-refractivity contribution < 1.29 is 4.74 Å². The fourth-order valence-corrected chi connectivity index (χ4v) is 2.70. The van der Waals surface area contributed by atoms with Gasteiger partial charge in [-0.2, -0.15) is 0 Å². The van der Waals surface area contributed by atoms with Crippen molar-refractivity contribution in [1.29, 1.82) is 0 Å². The van der Waals surface area contributed by atoms with E-state index in [2.05, 4.69) is 45.7 Å². The van der Waals surface area contributed by atoms with Crippen LogP contribution in [0.2, 0.25) is 0 Å². The second-order valence-corrected chi connectivity index (χ2v) is 5.61. The number of halogens is 1. The molecule has 2 heterocycles. The van der Waals surface area contributed by atoms with E-state index >= 15 is 0 Å². The lowest BCUT2D eigenvalue weighted by Crippen LogP contribution is -2.49. The van der Waals surface area contributed by atoms with Gasteiger partial charge < -0.3 is 15.4 Å². The summed E-state index contributed by atoms with van der Waals surface area (Å²) in [6.07, 6.45) is 3.12. The molecule has 1 aliphatic rings. The summed E-state index contributed by atoms with van der Waals surface area (Å²) in [5, 5.41) is 0. The van der Waals surface area contributed by atoms with E-state index < -0.39 is 0 Å². The number of rotatable bonds is 3. The molecule has 1 saturated heterocycles. The van der Waals surface area contributed by atoms with E-state index in [4.69, 9.17) is 10.5 Å². The van der Waals surface area contributed by atoms with Crippen LogP contribution in [0.5, 0.6) is 0 Å². The smallest absolute Gasteiger partial charge is 0.133 e. The molecule has 4 nitrogen and oxygen atoms in total. The van der Waals surface area contributed by atoms with Gasteiger partial charge in [0.25, 0.3) is 0 Å². The van der Waals surface area contributed by atoms with E-state index in [9.17, 15) is 0 Å². The summed E-state index contributed by atoms with van der Waals surface area (Å²) >= 11 is 3.44. The van der Waals surface area contributed by atoms with Crippen molar-refractivity contribution >= 4 is 21.7 Å². The van der Waals surface area contributed by atoms with Crippen LogP contribution < -0.4 is 10.6 Å². The molecule has 0 saturated carbocycles. The lowest BCUT2D eigenvalue weighted by molar-refractivity contribution is 0.0295. The van der Waals surface area contributed by atoms with Crippen LogP contribution in [0.15, 0.2) is 16.7 Å². The third-order valence-corrected chi connectivity index (χ3v) is 3.77. The molecular formula is C13H20BrN3O. The monoisotopic (exact) mass is 313 g/mol. The second kappa shape index (κ2) is 5.99. The van der Waals surface area contributed by atoms with E-state index in [0.29, 0.717) is 12.6 Å². The van der Waals surface area contributed by atoms with Gasteiger partial charge in [0, 0.05) is 29.3 Å². The predicted octanol–water partition coefficient (Wildman–Crippen LogP) is 2.31. The second-order valence-electron chi connectivity index (χ2n) is 4.70. The Morgan fingerprint density at radius 3 is 3.06 bits per heavy atom. The minimum Gasteiger partial charge on any atom is -0.375 e. The topological polar surface area (TPSA) is 51.4 Å². The first-order chi connectivity index (χ1) is 8.65. The number of aromatic nitrogens is 1. The maximum Gasteiger partial charge on any atom is 0.133 e. The van der Waals surface area contributed by atoms with Gasteiger partial charge in [-0.05, 0) is 35.3 Å². The van der Waals surface area contributed by atoms with Crippen molar-refractivity contribution in [3.63, 3.8) is 0 Å². The predicted molar refractivity (Wildman–Crippen MR) is 76.7 cm³/mol. The Labute approximate surface area is 117 Å². The van der Waals surface area contributed by atoms with Crippen molar-refractivity contribution in [2.45, 2.75) is 39.0 Å². The van der Waals surface area contributed by atoms with Gasteiger partial charge in [0.2, 0.25) is 0 Å². The normalized spacial score (nSPS) is 24.3. The van der Waals surface area contributed by atoms with Gasteiger partial charge in [0.1, 0.15) is 5.82 Å². The Bertz CT molecular complexity index is 413. The summed E-state index contributed by atoms with van der Waals surface area (Å²) in [6.45, 7) is 6.42. The summed E-state index contributed by atoms with van der Waals surface area (Å²) in [7, 11) is 0. The van der Waals surface area contributed by atoms with Gasteiger partial charge in [-0.15, -0.1) is 0 Å². The van der Waals surface area contributed by atoms with E-state index in [1.54, 1.807) is 0 Å². The molecule has 0 bridgehead atoms. The highest BCUT2D eigenvalue weighted by atomic mass is 79.9. The van der Waals surface area contributed by atoms with Gasteiger partial charge in [0.15, 0.2) is 0 Å². The Morgan fingerprint density at radius 2 is 2.39 bits per heavy atom. The van der Waals surface area contributed by atoms with E-state index in [1.165, 1.54) is 0 Å². The van der Waals surface area contributed by atoms with E-state index in [0.717, 1.165) is 35.4 Å². The SMILES string of the molecule is CCC1COC(C)CN1c1ncc(Br)cc1CN. The Hall–Kier alpha value is -0.650. The standard InChI is InChI=1S/C13H20BrN3O/c1-3-12-8-18-9(2)7-17(12)13-10(5-15)4-11(14)6-16-13/h4,6,9,12H,3,5,7-8,15H2,1-2H3. The number of pyridine rings is 1. The van der Waals surface area contributed by atoms with Crippen molar-refractivity contribution in [3.8, 4) is 0 Å². The average molecular weight is 314 g/mol. The molecule has 2 rings (SSSR count). The molecule has 1 aromatic rings. The first-order valence-electron chi connectivity index (χ1n) is 6.38. The molecule has 18 heavy (non-hydrogen) atoms. The molecule has 0 spiro atoms. The Kier molecular flexibility index (Phi) is 4.59. The summed E-state index contributed by atoms with van der Waals surface area (Å²) in [5.74, 6) is 1.00.